The minimum atomic E-state index is -0.211. The van der Waals surface area contributed by atoms with Gasteiger partial charge in [-0.2, -0.15) is 0 Å². The molecule has 0 aliphatic carbocycles. The Hall–Kier alpha value is -0.830. The van der Waals surface area contributed by atoms with Crippen LogP contribution in [0.25, 0.3) is 0 Å². The third kappa shape index (κ3) is 9.08. The maximum Gasteiger partial charge on any atom is 0.302 e. The zero-order valence-corrected chi connectivity index (χ0v) is 9.37. The predicted molar refractivity (Wildman–Crippen MR) is 56.4 cm³/mol. The molecule has 0 saturated heterocycles. The first-order valence-corrected chi connectivity index (χ1v) is 4.80. The van der Waals surface area contributed by atoms with Crippen LogP contribution in [0.3, 0.4) is 0 Å². The van der Waals surface area contributed by atoms with Crippen molar-refractivity contribution in [3.05, 3.63) is 34.8 Å². The van der Waals surface area contributed by atoms with Crippen molar-refractivity contribution in [2.24, 2.45) is 0 Å². The molecule has 1 rings (SSSR count). The molecule has 0 atom stereocenters. The van der Waals surface area contributed by atoms with Crippen molar-refractivity contribution in [3.8, 4) is 0 Å². The first-order chi connectivity index (χ1) is 6.16. The number of hydrogen-bond donors (Lipinski definition) is 0. The number of benzene rings is 1. The van der Waals surface area contributed by atoms with Crippen LogP contribution in [0, 0.1) is 0 Å². The predicted octanol–water partition coefficient (Wildman–Crippen LogP) is 3.02. The van der Waals surface area contributed by atoms with Gasteiger partial charge in [0.2, 0.25) is 0 Å². The molecule has 1 aromatic rings. The summed E-state index contributed by atoms with van der Waals surface area (Å²) in [5.74, 6) is -0.211. The molecule has 3 heteroatoms. The van der Waals surface area contributed by atoms with Crippen LogP contribution in [-0.2, 0) is 9.53 Å². The SMILES string of the molecule is Brc1ccccc1.CCOC(C)=O. The fraction of sp³-hybridized carbons (Fsp3) is 0.300. The number of halogens is 1. The number of carbonyl (C=O) groups is 1. The number of rotatable bonds is 1. The molecule has 0 fully saturated rings. The van der Waals surface area contributed by atoms with E-state index in [0.29, 0.717) is 6.61 Å². The van der Waals surface area contributed by atoms with Crippen LogP contribution in [0.15, 0.2) is 34.8 Å². The minimum Gasteiger partial charge on any atom is -0.466 e. The Balaban J connectivity index is 0.000000226. The van der Waals surface area contributed by atoms with E-state index in [-0.39, 0.29) is 5.97 Å². The minimum absolute atomic E-state index is 0.211. The average molecular weight is 245 g/mol. The van der Waals surface area contributed by atoms with Gasteiger partial charge in [-0.1, -0.05) is 34.1 Å². The Morgan fingerprint density at radius 3 is 2.08 bits per heavy atom. The molecule has 0 heterocycles. The topological polar surface area (TPSA) is 26.3 Å². The first kappa shape index (κ1) is 12.2. The average Bonchev–Trinajstić information content (AvgIpc) is 2.06. The van der Waals surface area contributed by atoms with Crippen molar-refractivity contribution in [3.63, 3.8) is 0 Å². The van der Waals surface area contributed by atoms with E-state index in [1.54, 1.807) is 6.92 Å². The van der Waals surface area contributed by atoms with Crippen LogP contribution in [0.1, 0.15) is 13.8 Å². The van der Waals surface area contributed by atoms with Crippen molar-refractivity contribution in [1.82, 2.24) is 0 Å². The first-order valence-electron chi connectivity index (χ1n) is 4.00. The molecule has 0 saturated carbocycles. The molecule has 0 aliphatic heterocycles. The van der Waals surface area contributed by atoms with Gasteiger partial charge in [0.15, 0.2) is 0 Å². The third-order valence-corrected chi connectivity index (χ3v) is 1.61. The Kier molecular flexibility index (Phi) is 7.30. The van der Waals surface area contributed by atoms with Crippen molar-refractivity contribution in [2.75, 3.05) is 6.61 Å². The van der Waals surface area contributed by atoms with E-state index in [1.807, 2.05) is 30.3 Å². The number of ether oxygens (including phenoxy) is 1. The van der Waals surface area contributed by atoms with Crippen molar-refractivity contribution >= 4 is 21.9 Å². The second kappa shape index (κ2) is 7.80. The van der Waals surface area contributed by atoms with Gasteiger partial charge in [-0.15, -0.1) is 0 Å². The summed E-state index contributed by atoms with van der Waals surface area (Å²) in [5, 5.41) is 0. The Morgan fingerprint density at radius 1 is 1.38 bits per heavy atom. The largest absolute Gasteiger partial charge is 0.466 e. The van der Waals surface area contributed by atoms with Gasteiger partial charge in [0.05, 0.1) is 6.61 Å². The summed E-state index contributed by atoms with van der Waals surface area (Å²) in [7, 11) is 0. The smallest absolute Gasteiger partial charge is 0.302 e. The molecule has 0 radical (unpaired) electrons. The Bertz CT molecular complexity index is 234. The molecule has 0 bridgehead atoms. The fourth-order valence-electron chi connectivity index (χ4n) is 0.618. The highest BCUT2D eigenvalue weighted by Crippen LogP contribution is 2.05. The van der Waals surface area contributed by atoms with E-state index in [4.69, 9.17) is 0 Å². The maximum atomic E-state index is 9.82. The molecule has 1 aromatic carbocycles. The zero-order valence-electron chi connectivity index (χ0n) is 7.79. The summed E-state index contributed by atoms with van der Waals surface area (Å²) in [5.41, 5.74) is 0. The van der Waals surface area contributed by atoms with Gasteiger partial charge in [-0.3, -0.25) is 4.79 Å². The van der Waals surface area contributed by atoms with E-state index in [2.05, 4.69) is 20.7 Å². The molecular formula is C10H13BrO2. The van der Waals surface area contributed by atoms with Crippen LogP contribution in [0.2, 0.25) is 0 Å². The third-order valence-electron chi connectivity index (χ3n) is 1.08. The lowest BCUT2D eigenvalue weighted by Crippen LogP contribution is -1.95. The second-order valence-electron chi connectivity index (χ2n) is 2.22. The highest BCUT2D eigenvalue weighted by molar-refractivity contribution is 9.10. The number of carbonyl (C=O) groups excluding carboxylic acids is 1. The highest BCUT2D eigenvalue weighted by Gasteiger charge is 1.81. The van der Waals surface area contributed by atoms with Gasteiger partial charge in [0, 0.05) is 11.4 Å². The molecule has 2 nitrogen and oxygen atoms in total. The van der Waals surface area contributed by atoms with Crippen LogP contribution in [0.5, 0.6) is 0 Å². The lowest BCUT2D eigenvalue weighted by molar-refractivity contribution is -0.140. The monoisotopic (exact) mass is 244 g/mol. The quantitative estimate of drug-likeness (QED) is 0.711. The van der Waals surface area contributed by atoms with Gasteiger partial charge < -0.3 is 4.74 Å². The highest BCUT2D eigenvalue weighted by atomic mass is 79.9. The summed E-state index contributed by atoms with van der Waals surface area (Å²) < 4.78 is 5.54. The molecular weight excluding hydrogens is 232 g/mol. The van der Waals surface area contributed by atoms with E-state index in [1.165, 1.54) is 6.92 Å². The summed E-state index contributed by atoms with van der Waals surface area (Å²) >= 11 is 3.31. The van der Waals surface area contributed by atoms with Gasteiger partial charge in [-0.25, -0.2) is 0 Å². The second-order valence-corrected chi connectivity index (χ2v) is 3.14. The van der Waals surface area contributed by atoms with Crippen LogP contribution in [0.4, 0.5) is 0 Å². The van der Waals surface area contributed by atoms with E-state index < -0.39 is 0 Å². The number of hydrogen-bond acceptors (Lipinski definition) is 2. The van der Waals surface area contributed by atoms with Crippen LogP contribution < -0.4 is 0 Å². The maximum absolute atomic E-state index is 9.82. The molecule has 72 valence electrons. The number of esters is 1. The van der Waals surface area contributed by atoms with Crippen molar-refractivity contribution in [2.45, 2.75) is 13.8 Å². The molecule has 0 amide bonds. The van der Waals surface area contributed by atoms with Crippen LogP contribution in [-0.4, -0.2) is 12.6 Å². The lowest BCUT2D eigenvalue weighted by Gasteiger charge is -1.89. The Morgan fingerprint density at radius 2 is 1.92 bits per heavy atom. The summed E-state index contributed by atoms with van der Waals surface area (Å²) in [6.45, 7) is 3.65. The van der Waals surface area contributed by atoms with Crippen molar-refractivity contribution < 1.29 is 9.53 Å². The standard InChI is InChI=1S/C6H5Br.C4H8O2/c7-6-4-2-1-3-5-6;1-3-6-4(2)5/h1-5H;3H2,1-2H3. The molecule has 0 aliphatic rings. The Labute approximate surface area is 87.0 Å². The van der Waals surface area contributed by atoms with Crippen molar-refractivity contribution in [1.29, 1.82) is 0 Å². The van der Waals surface area contributed by atoms with E-state index in [0.717, 1.165) is 4.47 Å². The molecule has 0 aromatic heterocycles. The van der Waals surface area contributed by atoms with Gasteiger partial charge in [0.25, 0.3) is 0 Å². The molecule has 0 N–H and O–H groups in total. The van der Waals surface area contributed by atoms with Gasteiger partial charge in [0.1, 0.15) is 0 Å². The van der Waals surface area contributed by atoms with E-state index in [9.17, 15) is 4.79 Å². The van der Waals surface area contributed by atoms with Crippen LogP contribution >= 0.6 is 15.9 Å². The lowest BCUT2D eigenvalue weighted by atomic mass is 10.4. The summed E-state index contributed by atoms with van der Waals surface area (Å²) in [6, 6.07) is 9.97. The summed E-state index contributed by atoms with van der Waals surface area (Å²) in [4.78, 5) is 9.82. The van der Waals surface area contributed by atoms with Gasteiger partial charge >= 0.3 is 5.97 Å². The molecule has 0 unspecified atom stereocenters. The molecule has 0 spiro atoms. The normalized spacial score (nSPS) is 8.23. The fourth-order valence-corrected chi connectivity index (χ4v) is 0.923. The zero-order chi connectivity index (χ0) is 10.1. The van der Waals surface area contributed by atoms with E-state index >= 15 is 0 Å². The van der Waals surface area contributed by atoms with Gasteiger partial charge in [-0.05, 0) is 19.1 Å². The summed E-state index contributed by atoms with van der Waals surface area (Å²) in [6.07, 6.45) is 0. The molecule has 13 heavy (non-hydrogen) atoms.